The van der Waals surface area contributed by atoms with Gasteiger partial charge in [-0.25, -0.2) is 4.79 Å². The molecule has 0 saturated heterocycles. The second kappa shape index (κ2) is 14.5. The fourth-order valence-electron chi connectivity index (χ4n) is 4.04. The Bertz CT molecular complexity index is 556. The zero-order valence-corrected chi connectivity index (χ0v) is 21.2. The Labute approximate surface area is 191 Å². The third-order valence-electron chi connectivity index (χ3n) is 4.71. The lowest BCUT2D eigenvalue weighted by Gasteiger charge is -2.34. The molecule has 1 rings (SSSR count). The van der Waals surface area contributed by atoms with Crippen molar-refractivity contribution in [3.63, 3.8) is 0 Å². The molecule has 0 aliphatic heterocycles. The summed E-state index contributed by atoms with van der Waals surface area (Å²) in [7, 11) is 0. The van der Waals surface area contributed by atoms with Crippen LogP contribution in [0.2, 0.25) is 0 Å². The molecular weight excluding hydrogens is 386 g/mol. The van der Waals surface area contributed by atoms with Gasteiger partial charge in [-0.2, -0.15) is 0 Å². The summed E-state index contributed by atoms with van der Waals surface area (Å²) in [4.78, 5) is 17.6. The van der Waals surface area contributed by atoms with E-state index in [4.69, 9.17) is 4.74 Å². The van der Waals surface area contributed by atoms with Crippen molar-refractivity contribution in [3.05, 3.63) is 30.3 Å². The van der Waals surface area contributed by atoms with Gasteiger partial charge in [-0.1, -0.05) is 73.6 Å². The summed E-state index contributed by atoms with van der Waals surface area (Å²) in [5, 5.41) is 2.88. The number of hydrogen-bond donors (Lipinski definition) is 1. The van der Waals surface area contributed by atoms with Crippen molar-refractivity contribution in [3.8, 4) is 0 Å². The van der Waals surface area contributed by atoms with Gasteiger partial charge in [0.05, 0.1) is 0 Å². The molecule has 0 unspecified atom stereocenters. The number of carbonyl (C=O) groups is 1. The highest BCUT2D eigenvalue weighted by Gasteiger charge is 2.23. The second-order valence-electron chi connectivity index (χ2n) is 10.5. The minimum Gasteiger partial charge on any atom is -0.443 e. The normalized spacial score (nSPS) is 12.2. The van der Waals surface area contributed by atoms with E-state index in [1.54, 1.807) is 0 Å². The quantitative estimate of drug-likeness (QED) is 0.401. The number of anilines is 1. The number of hydrogen-bond acceptors (Lipinski definition) is 4. The average Bonchev–Trinajstić information content (AvgIpc) is 2.59. The van der Waals surface area contributed by atoms with Crippen LogP contribution in [0.1, 0.15) is 55.4 Å². The molecule has 5 nitrogen and oxygen atoms in total. The summed E-state index contributed by atoms with van der Waals surface area (Å²) in [5.41, 5.74) is 0.758. The zero-order valence-electron chi connectivity index (χ0n) is 21.2. The topological polar surface area (TPSA) is 44.8 Å². The first-order chi connectivity index (χ1) is 14.5. The first-order valence-corrected chi connectivity index (χ1v) is 12.0. The second-order valence-corrected chi connectivity index (χ2v) is 10.5. The predicted octanol–water partition coefficient (Wildman–Crippen LogP) is 5.83. The van der Waals surface area contributed by atoms with Crippen LogP contribution in [0.5, 0.6) is 0 Å². The van der Waals surface area contributed by atoms with E-state index in [9.17, 15) is 4.79 Å². The fraction of sp³-hybridized carbons (Fsp3) is 0.731. The first kappa shape index (κ1) is 27.4. The first-order valence-electron chi connectivity index (χ1n) is 12.0. The number of carbonyl (C=O) groups excluding carboxylic acids is 1. The number of para-hydroxylation sites is 1. The Morgan fingerprint density at radius 2 is 1.10 bits per heavy atom. The Kier molecular flexibility index (Phi) is 12.8. The minimum absolute atomic E-state index is 0.182. The smallest absolute Gasteiger partial charge is 0.411 e. The van der Waals surface area contributed by atoms with Crippen LogP contribution in [0.15, 0.2) is 30.3 Å². The van der Waals surface area contributed by atoms with Crippen molar-refractivity contribution in [1.82, 2.24) is 9.80 Å². The molecule has 0 heterocycles. The lowest BCUT2D eigenvalue weighted by molar-refractivity contribution is 0.0418. The molecular formula is C26H47N3O2. The van der Waals surface area contributed by atoms with Gasteiger partial charge in [0.25, 0.3) is 0 Å². The summed E-state index contributed by atoms with van der Waals surface area (Å²) in [6.45, 7) is 23.5. The van der Waals surface area contributed by atoms with Gasteiger partial charge in [-0.05, 0) is 35.8 Å². The number of nitrogens with one attached hydrogen (secondary N) is 1. The van der Waals surface area contributed by atoms with Crippen LogP contribution in [0.3, 0.4) is 0 Å². The van der Waals surface area contributed by atoms with Crippen LogP contribution in [-0.4, -0.2) is 61.3 Å². The van der Waals surface area contributed by atoms with Crippen molar-refractivity contribution in [2.45, 2.75) is 61.5 Å². The summed E-state index contributed by atoms with van der Waals surface area (Å²) in [6.07, 6.45) is -0.557. The van der Waals surface area contributed by atoms with Crippen LogP contribution in [-0.2, 0) is 4.74 Å². The summed E-state index contributed by atoms with van der Waals surface area (Å²) in [6, 6.07) is 9.51. The van der Waals surface area contributed by atoms with Crippen molar-refractivity contribution < 1.29 is 9.53 Å². The van der Waals surface area contributed by atoms with E-state index >= 15 is 0 Å². The highest BCUT2D eigenvalue weighted by Crippen LogP contribution is 2.12. The zero-order chi connectivity index (χ0) is 23.4. The lowest BCUT2D eigenvalue weighted by Crippen LogP contribution is -2.46. The van der Waals surface area contributed by atoms with Crippen molar-refractivity contribution in [2.24, 2.45) is 23.7 Å². The molecule has 1 amide bonds. The van der Waals surface area contributed by atoms with E-state index in [0.29, 0.717) is 23.7 Å². The molecule has 5 heteroatoms. The van der Waals surface area contributed by atoms with Crippen LogP contribution in [0.25, 0.3) is 0 Å². The summed E-state index contributed by atoms with van der Waals surface area (Å²) < 4.78 is 6.01. The lowest BCUT2D eigenvalue weighted by atomic mass is 10.1. The SMILES string of the molecule is CC(C)CN(CC(C)C)CC(CN(CC(C)C)CC(C)C)OC(=O)Nc1ccccc1. The molecule has 1 aromatic carbocycles. The van der Waals surface area contributed by atoms with Crippen LogP contribution in [0.4, 0.5) is 10.5 Å². The Morgan fingerprint density at radius 3 is 1.45 bits per heavy atom. The van der Waals surface area contributed by atoms with Crippen LogP contribution in [0, 0.1) is 23.7 Å². The number of benzene rings is 1. The van der Waals surface area contributed by atoms with E-state index in [1.165, 1.54) is 0 Å². The predicted molar refractivity (Wildman–Crippen MR) is 133 cm³/mol. The Morgan fingerprint density at radius 1 is 0.710 bits per heavy atom. The maximum absolute atomic E-state index is 12.7. The molecule has 178 valence electrons. The molecule has 0 aliphatic carbocycles. The largest absolute Gasteiger partial charge is 0.443 e. The van der Waals surface area contributed by atoms with Crippen LogP contribution >= 0.6 is 0 Å². The molecule has 31 heavy (non-hydrogen) atoms. The number of ether oxygens (including phenoxy) is 1. The van der Waals surface area contributed by atoms with E-state index < -0.39 is 0 Å². The highest BCUT2D eigenvalue weighted by molar-refractivity contribution is 5.84. The summed E-state index contributed by atoms with van der Waals surface area (Å²) in [5.74, 6) is 2.28. The molecule has 0 fully saturated rings. The van der Waals surface area contributed by atoms with Gasteiger partial charge in [-0.3, -0.25) is 15.1 Å². The molecule has 1 aromatic rings. The third-order valence-corrected chi connectivity index (χ3v) is 4.71. The highest BCUT2D eigenvalue weighted by atomic mass is 16.6. The van der Waals surface area contributed by atoms with Crippen molar-refractivity contribution in [2.75, 3.05) is 44.6 Å². The molecule has 1 N–H and O–H groups in total. The minimum atomic E-state index is -0.376. The van der Waals surface area contributed by atoms with Gasteiger partial charge in [0.2, 0.25) is 0 Å². The number of nitrogens with zero attached hydrogens (tertiary/aromatic N) is 2. The molecule has 0 atom stereocenters. The van der Waals surface area contributed by atoms with Gasteiger partial charge in [0.15, 0.2) is 0 Å². The number of rotatable bonds is 14. The number of amides is 1. The molecule has 0 aliphatic rings. The monoisotopic (exact) mass is 433 g/mol. The van der Waals surface area contributed by atoms with E-state index in [-0.39, 0.29) is 12.2 Å². The van der Waals surface area contributed by atoms with Gasteiger partial charge in [0.1, 0.15) is 6.10 Å². The standard InChI is InChI=1S/C26H47N3O2/c1-20(2)14-28(15-21(3)4)18-25(19-29(16-22(5)6)17-23(7)8)31-26(30)27-24-12-10-9-11-13-24/h9-13,20-23,25H,14-19H2,1-8H3,(H,27,30). The maximum atomic E-state index is 12.7. The maximum Gasteiger partial charge on any atom is 0.411 e. The molecule has 0 spiro atoms. The van der Waals surface area contributed by atoms with Gasteiger partial charge >= 0.3 is 6.09 Å². The van der Waals surface area contributed by atoms with Gasteiger partial charge in [-0.15, -0.1) is 0 Å². The summed E-state index contributed by atoms with van der Waals surface area (Å²) >= 11 is 0. The fourth-order valence-corrected chi connectivity index (χ4v) is 4.04. The molecule has 0 radical (unpaired) electrons. The molecule has 0 saturated carbocycles. The van der Waals surface area contributed by atoms with Gasteiger partial charge < -0.3 is 4.74 Å². The van der Waals surface area contributed by atoms with Crippen molar-refractivity contribution in [1.29, 1.82) is 0 Å². The Balaban J connectivity index is 2.94. The van der Waals surface area contributed by atoms with E-state index in [2.05, 4.69) is 70.5 Å². The van der Waals surface area contributed by atoms with Gasteiger partial charge in [0, 0.05) is 45.0 Å². The van der Waals surface area contributed by atoms with Crippen LogP contribution < -0.4 is 5.32 Å². The van der Waals surface area contributed by atoms with E-state index in [0.717, 1.165) is 45.0 Å². The Hall–Kier alpha value is -1.59. The molecule has 0 aromatic heterocycles. The average molecular weight is 434 g/mol. The van der Waals surface area contributed by atoms with Crippen molar-refractivity contribution >= 4 is 11.8 Å². The molecule has 0 bridgehead atoms. The third kappa shape index (κ3) is 13.4. The van der Waals surface area contributed by atoms with E-state index in [1.807, 2.05) is 30.3 Å².